The summed E-state index contributed by atoms with van der Waals surface area (Å²) in [6.07, 6.45) is 3.77. The third-order valence-electron chi connectivity index (χ3n) is 4.25. The van der Waals surface area contributed by atoms with Gasteiger partial charge in [-0.05, 0) is 24.8 Å². The maximum atomic E-state index is 12.1. The van der Waals surface area contributed by atoms with Crippen molar-refractivity contribution in [1.82, 2.24) is 20.1 Å². The van der Waals surface area contributed by atoms with Gasteiger partial charge in [-0.25, -0.2) is 9.67 Å². The van der Waals surface area contributed by atoms with Crippen LogP contribution in [0.4, 0.5) is 5.95 Å². The first-order valence-electron chi connectivity index (χ1n) is 8.36. The minimum Gasteiger partial charge on any atom is -0.350 e. The zero-order valence-corrected chi connectivity index (χ0v) is 13.9. The Kier molecular flexibility index (Phi) is 5.39. The predicted octanol–water partition coefficient (Wildman–Crippen LogP) is 0.660. The molecule has 2 atom stereocenters. The Morgan fingerprint density at radius 2 is 2.04 bits per heavy atom. The number of amides is 2. The van der Waals surface area contributed by atoms with E-state index in [1.54, 1.807) is 0 Å². The summed E-state index contributed by atoms with van der Waals surface area (Å²) in [4.78, 5) is 28.1. The number of hydrogen-bond donors (Lipinski definition) is 3. The van der Waals surface area contributed by atoms with Crippen LogP contribution in [-0.4, -0.2) is 32.6 Å². The van der Waals surface area contributed by atoms with Gasteiger partial charge in [-0.15, -0.1) is 5.10 Å². The van der Waals surface area contributed by atoms with Crippen molar-refractivity contribution >= 4 is 17.8 Å². The SMILES string of the molecule is NC1CCC(C(=O)Nc2ncn(CC(=O)NCc3ccccc3)n2)C1. The monoisotopic (exact) mass is 342 g/mol. The molecule has 8 heteroatoms. The summed E-state index contributed by atoms with van der Waals surface area (Å²) < 4.78 is 1.40. The van der Waals surface area contributed by atoms with Gasteiger partial charge in [0.1, 0.15) is 12.9 Å². The van der Waals surface area contributed by atoms with E-state index in [1.165, 1.54) is 11.0 Å². The molecule has 8 nitrogen and oxygen atoms in total. The number of rotatable bonds is 6. The van der Waals surface area contributed by atoms with Crippen LogP contribution in [0.1, 0.15) is 24.8 Å². The van der Waals surface area contributed by atoms with Gasteiger partial charge in [0.2, 0.25) is 17.8 Å². The number of nitrogens with two attached hydrogens (primary N) is 1. The number of nitrogens with one attached hydrogen (secondary N) is 2. The number of anilines is 1. The zero-order valence-electron chi connectivity index (χ0n) is 13.9. The molecule has 1 aliphatic carbocycles. The molecule has 0 radical (unpaired) electrons. The summed E-state index contributed by atoms with van der Waals surface area (Å²) in [6, 6.07) is 9.75. The summed E-state index contributed by atoms with van der Waals surface area (Å²) in [5, 5.41) is 9.62. The van der Waals surface area contributed by atoms with E-state index < -0.39 is 0 Å². The molecule has 25 heavy (non-hydrogen) atoms. The molecular formula is C17H22N6O2. The molecule has 1 heterocycles. The average Bonchev–Trinajstić information content (AvgIpc) is 3.23. The molecule has 1 aromatic carbocycles. The highest BCUT2D eigenvalue weighted by atomic mass is 16.2. The summed E-state index contributed by atoms with van der Waals surface area (Å²) in [6.45, 7) is 0.504. The van der Waals surface area contributed by atoms with Crippen LogP contribution in [-0.2, 0) is 22.7 Å². The van der Waals surface area contributed by atoms with Crippen LogP contribution in [0.5, 0.6) is 0 Å². The van der Waals surface area contributed by atoms with Gasteiger partial charge in [0.25, 0.3) is 0 Å². The summed E-state index contributed by atoms with van der Waals surface area (Å²) >= 11 is 0. The van der Waals surface area contributed by atoms with Crippen molar-refractivity contribution in [2.45, 2.75) is 38.4 Å². The number of benzene rings is 1. The fourth-order valence-electron chi connectivity index (χ4n) is 2.89. The van der Waals surface area contributed by atoms with Gasteiger partial charge >= 0.3 is 0 Å². The van der Waals surface area contributed by atoms with E-state index >= 15 is 0 Å². The molecule has 1 saturated carbocycles. The van der Waals surface area contributed by atoms with Gasteiger partial charge in [-0.1, -0.05) is 30.3 Å². The summed E-state index contributed by atoms with van der Waals surface area (Å²) in [5.41, 5.74) is 6.85. The second-order valence-electron chi connectivity index (χ2n) is 6.29. The number of aromatic nitrogens is 3. The van der Waals surface area contributed by atoms with Gasteiger partial charge < -0.3 is 11.1 Å². The first kappa shape index (κ1) is 17.1. The maximum Gasteiger partial charge on any atom is 0.248 e. The molecule has 4 N–H and O–H groups in total. The van der Waals surface area contributed by atoms with Gasteiger partial charge in [0.05, 0.1) is 0 Å². The van der Waals surface area contributed by atoms with Crippen molar-refractivity contribution in [3.63, 3.8) is 0 Å². The van der Waals surface area contributed by atoms with Gasteiger partial charge in [-0.2, -0.15) is 0 Å². The van der Waals surface area contributed by atoms with E-state index in [2.05, 4.69) is 20.7 Å². The lowest BCUT2D eigenvalue weighted by Crippen LogP contribution is -2.27. The Morgan fingerprint density at radius 1 is 1.24 bits per heavy atom. The average molecular weight is 342 g/mol. The lowest BCUT2D eigenvalue weighted by molar-refractivity contribution is -0.122. The standard InChI is InChI=1S/C17H22N6O2/c18-14-7-6-13(8-14)16(25)21-17-20-11-23(22-17)10-15(24)19-9-12-4-2-1-3-5-12/h1-5,11,13-14H,6-10,18H2,(H,19,24)(H,21,22,25). The molecule has 1 aromatic heterocycles. The third kappa shape index (κ3) is 4.87. The van der Waals surface area contributed by atoms with E-state index in [1.807, 2.05) is 30.3 Å². The highest BCUT2D eigenvalue weighted by molar-refractivity contribution is 5.91. The first-order valence-corrected chi connectivity index (χ1v) is 8.36. The van der Waals surface area contributed by atoms with Crippen LogP contribution >= 0.6 is 0 Å². The Bertz CT molecular complexity index is 730. The van der Waals surface area contributed by atoms with E-state index in [9.17, 15) is 9.59 Å². The van der Waals surface area contributed by atoms with Crippen molar-refractivity contribution < 1.29 is 9.59 Å². The topological polar surface area (TPSA) is 115 Å². The van der Waals surface area contributed by atoms with Crippen LogP contribution in [0.3, 0.4) is 0 Å². The lowest BCUT2D eigenvalue weighted by atomic mass is 10.1. The molecule has 0 aliphatic heterocycles. The number of hydrogen-bond acceptors (Lipinski definition) is 5. The van der Waals surface area contributed by atoms with Crippen LogP contribution in [0.15, 0.2) is 36.7 Å². The van der Waals surface area contributed by atoms with Crippen LogP contribution in [0.25, 0.3) is 0 Å². The van der Waals surface area contributed by atoms with Crippen LogP contribution in [0, 0.1) is 5.92 Å². The molecule has 2 aromatic rings. The van der Waals surface area contributed by atoms with Crippen molar-refractivity contribution in [3.05, 3.63) is 42.2 Å². The van der Waals surface area contributed by atoms with E-state index in [0.29, 0.717) is 13.0 Å². The maximum absolute atomic E-state index is 12.1. The Hall–Kier alpha value is -2.74. The van der Waals surface area contributed by atoms with Crippen molar-refractivity contribution in [2.75, 3.05) is 5.32 Å². The third-order valence-corrected chi connectivity index (χ3v) is 4.25. The smallest absolute Gasteiger partial charge is 0.248 e. The molecule has 1 aliphatic rings. The Labute approximate surface area is 145 Å². The molecule has 0 bridgehead atoms. The van der Waals surface area contributed by atoms with Crippen LogP contribution < -0.4 is 16.4 Å². The van der Waals surface area contributed by atoms with Crippen molar-refractivity contribution in [1.29, 1.82) is 0 Å². The van der Waals surface area contributed by atoms with Gasteiger partial charge in [-0.3, -0.25) is 14.9 Å². The molecule has 0 saturated heterocycles. The molecule has 132 valence electrons. The number of nitrogens with zero attached hydrogens (tertiary/aromatic N) is 3. The van der Waals surface area contributed by atoms with E-state index in [0.717, 1.165) is 18.4 Å². The quantitative estimate of drug-likeness (QED) is 0.713. The minimum absolute atomic E-state index is 0.0456. The summed E-state index contributed by atoms with van der Waals surface area (Å²) in [5.74, 6) is -0.162. The van der Waals surface area contributed by atoms with Gasteiger partial charge in [0.15, 0.2) is 0 Å². The lowest BCUT2D eigenvalue weighted by Gasteiger charge is -2.07. The van der Waals surface area contributed by atoms with Crippen molar-refractivity contribution in [3.8, 4) is 0 Å². The normalized spacial score (nSPS) is 19.6. The molecule has 3 rings (SSSR count). The largest absolute Gasteiger partial charge is 0.350 e. The number of carbonyl (C=O) groups excluding carboxylic acids is 2. The van der Waals surface area contributed by atoms with Crippen LogP contribution in [0.2, 0.25) is 0 Å². The molecular weight excluding hydrogens is 320 g/mol. The Balaban J connectivity index is 1.46. The fraction of sp³-hybridized carbons (Fsp3) is 0.412. The Morgan fingerprint density at radius 3 is 2.76 bits per heavy atom. The molecule has 0 spiro atoms. The molecule has 2 unspecified atom stereocenters. The summed E-state index contributed by atoms with van der Waals surface area (Å²) in [7, 11) is 0. The van der Waals surface area contributed by atoms with Crippen molar-refractivity contribution in [2.24, 2.45) is 11.7 Å². The van der Waals surface area contributed by atoms with E-state index in [-0.39, 0.29) is 36.3 Å². The molecule has 2 amide bonds. The second kappa shape index (κ2) is 7.89. The number of carbonyl (C=O) groups is 2. The minimum atomic E-state index is -0.173. The fourth-order valence-corrected chi connectivity index (χ4v) is 2.89. The second-order valence-corrected chi connectivity index (χ2v) is 6.29. The van der Waals surface area contributed by atoms with E-state index in [4.69, 9.17) is 5.73 Å². The first-order chi connectivity index (χ1) is 12.1. The highest BCUT2D eigenvalue weighted by Crippen LogP contribution is 2.24. The predicted molar refractivity (Wildman–Crippen MR) is 92.3 cm³/mol. The molecule has 1 fully saturated rings. The highest BCUT2D eigenvalue weighted by Gasteiger charge is 2.28. The van der Waals surface area contributed by atoms with Gasteiger partial charge in [0, 0.05) is 18.5 Å². The zero-order chi connectivity index (χ0) is 17.6.